The molecule has 0 amide bonds. The van der Waals surface area contributed by atoms with Crippen molar-refractivity contribution in [3.8, 4) is 0 Å². The molecule has 0 spiro atoms. The van der Waals surface area contributed by atoms with E-state index in [9.17, 15) is 0 Å². The number of nitrogen functional groups attached to an aromatic ring is 1. The van der Waals surface area contributed by atoms with Gasteiger partial charge in [0.15, 0.2) is 5.82 Å². The molecule has 72 valence electrons. The van der Waals surface area contributed by atoms with Gasteiger partial charge in [0.2, 0.25) is 0 Å². The minimum absolute atomic E-state index is 0.265. The quantitative estimate of drug-likeness (QED) is 0.506. The molecule has 1 aromatic rings. The van der Waals surface area contributed by atoms with E-state index in [2.05, 4.69) is 15.6 Å². The van der Waals surface area contributed by atoms with Crippen molar-refractivity contribution >= 4 is 6.01 Å². The Hall–Kier alpha value is -1.14. The maximum Gasteiger partial charge on any atom is 0.335 e. The van der Waals surface area contributed by atoms with Crippen molar-refractivity contribution in [3.05, 3.63) is 5.82 Å². The van der Waals surface area contributed by atoms with E-state index >= 15 is 0 Å². The zero-order chi connectivity index (χ0) is 9.10. The van der Waals surface area contributed by atoms with Crippen LogP contribution in [0.25, 0.3) is 0 Å². The number of hydrogen-bond acceptors (Lipinski definition) is 6. The van der Waals surface area contributed by atoms with Gasteiger partial charge in [-0.25, -0.2) is 5.84 Å². The van der Waals surface area contributed by atoms with Crippen LogP contribution in [0.3, 0.4) is 0 Å². The molecule has 0 atom stereocenters. The summed E-state index contributed by atoms with van der Waals surface area (Å²) in [6.07, 6.45) is 1.90. The first-order valence-corrected chi connectivity index (χ1v) is 4.28. The van der Waals surface area contributed by atoms with Gasteiger partial charge in [0.1, 0.15) is 0 Å². The van der Waals surface area contributed by atoms with E-state index in [0.717, 1.165) is 31.9 Å². The van der Waals surface area contributed by atoms with Crippen LogP contribution in [-0.2, 0) is 4.74 Å². The van der Waals surface area contributed by atoms with Crippen LogP contribution in [0.5, 0.6) is 0 Å². The third-order valence-corrected chi connectivity index (χ3v) is 2.15. The minimum Gasteiger partial charge on any atom is -0.381 e. The highest BCUT2D eigenvalue weighted by atomic mass is 16.5. The summed E-state index contributed by atoms with van der Waals surface area (Å²) in [6.45, 7) is 1.54. The number of nitrogens with zero attached hydrogens (tertiary/aromatic N) is 2. The average molecular weight is 184 g/mol. The molecule has 2 rings (SSSR count). The first-order chi connectivity index (χ1) is 6.40. The Morgan fingerprint density at radius 1 is 1.38 bits per heavy atom. The smallest absolute Gasteiger partial charge is 0.335 e. The van der Waals surface area contributed by atoms with E-state index in [1.54, 1.807) is 0 Å². The van der Waals surface area contributed by atoms with Crippen molar-refractivity contribution in [2.75, 3.05) is 18.6 Å². The normalized spacial score (nSPS) is 18.8. The Balaban J connectivity index is 2.05. The number of hydrazine groups is 1. The molecule has 1 aliphatic heterocycles. The minimum atomic E-state index is 0.265. The molecule has 0 aromatic carbocycles. The van der Waals surface area contributed by atoms with E-state index in [1.807, 2.05) is 0 Å². The molecule has 1 saturated heterocycles. The molecule has 3 N–H and O–H groups in total. The van der Waals surface area contributed by atoms with Gasteiger partial charge in [-0.2, -0.15) is 4.98 Å². The predicted molar refractivity (Wildman–Crippen MR) is 44.9 cm³/mol. The molecule has 2 heterocycles. The Morgan fingerprint density at radius 3 is 2.77 bits per heavy atom. The van der Waals surface area contributed by atoms with Gasteiger partial charge < -0.3 is 9.26 Å². The second-order valence-electron chi connectivity index (χ2n) is 2.99. The lowest BCUT2D eigenvalue weighted by Crippen LogP contribution is -2.15. The Bertz CT molecular complexity index is 269. The Labute approximate surface area is 75.4 Å². The molecule has 0 unspecified atom stereocenters. The summed E-state index contributed by atoms with van der Waals surface area (Å²) >= 11 is 0. The van der Waals surface area contributed by atoms with Crippen LogP contribution >= 0.6 is 0 Å². The number of aromatic nitrogens is 2. The topological polar surface area (TPSA) is 86.2 Å². The first-order valence-electron chi connectivity index (χ1n) is 4.28. The van der Waals surface area contributed by atoms with Crippen LogP contribution < -0.4 is 11.3 Å². The lowest BCUT2D eigenvalue weighted by Gasteiger charge is -2.18. The Morgan fingerprint density at radius 2 is 2.15 bits per heavy atom. The highest BCUT2D eigenvalue weighted by molar-refractivity contribution is 5.16. The molecule has 13 heavy (non-hydrogen) atoms. The monoisotopic (exact) mass is 184 g/mol. The average Bonchev–Trinajstić information content (AvgIpc) is 2.67. The largest absolute Gasteiger partial charge is 0.381 e. The second kappa shape index (κ2) is 3.71. The van der Waals surface area contributed by atoms with Crippen molar-refractivity contribution in [2.24, 2.45) is 5.84 Å². The fourth-order valence-electron chi connectivity index (χ4n) is 1.42. The summed E-state index contributed by atoms with van der Waals surface area (Å²) < 4.78 is 10.1. The summed E-state index contributed by atoms with van der Waals surface area (Å²) in [5.74, 6) is 6.19. The molecule has 6 nitrogen and oxygen atoms in total. The van der Waals surface area contributed by atoms with Gasteiger partial charge in [0, 0.05) is 19.1 Å². The molecule has 1 aromatic heterocycles. The van der Waals surface area contributed by atoms with Crippen LogP contribution in [0, 0.1) is 0 Å². The third kappa shape index (κ3) is 1.78. The highest BCUT2D eigenvalue weighted by Crippen LogP contribution is 2.24. The molecule has 0 aliphatic carbocycles. The molecule has 0 saturated carbocycles. The van der Waals surface area contributed by atoms with Crippen LogP contribution in [0.2, 0.25) is 0 Å². The van der Waals surface area contributed by atoms with Crippen molar-refractivity contribution in [1.29, 1.82) is 0 Å². The lowest BCUT2D eigenvalue weighted by atomic mass is 10.00. The maximum atomic E-state index is 5.23. The first kappa shape index (κ1) is 8.46. The van der Waals surface area contributed by atoms with Gasteiger partial charge in [-0.15, -0.1) is 0 Å². The van der Waals surface area contributed by atoms with Crippen molar-refractivity contribution < 1.29 is 9.26 Å². The number of anilines is 1. The second-order valence-corrected chi connectivity index (χ2v) is 2.99. The number of nitrogens with one attached hydrogen (secondary N) is 1. The standard InChI is InChI=1S/C7H12N4O2/c8-10-7-9-6(11-13-7)5-1-3-12-4-2-5/h5H,1-4,8H2,(H,9,10,11). The molecular weight excluding hydrogens is 172 g/mol. The summed E-state index contributed by atoms with van der Waals surface area (Å²) in [5, 5.41) is 3.83. The van der Waals surface area contributed by atoms with Crippen molar-refractivity contribution in [1.82, 2.24) is 10.1 Å². The Kier molecular flexibility index (Phi) is 2.42. The fraction of sp³-hybridized carbons (Fsp3) is 0.714. The van der Waals surface area contributed by atoms with Gasteiger partial charge >= 0.3 is 6.01 Å². The summed E-state index contributed by atoms with van der Waals surface area (Å²) in [5.41, 5.74) is 2.31. The SMILES string of the molecule is NNc1nc(C2CCOCC2)no1. The van der Waals surface area contributed by atoms with E-state index < -0.39 is 0 Å². The fourth-order valence-corrected chi connectivity index (χ4v) is 1.42. The number of ether oxygens (including phenoxy) is 1. The lowest BCUT2D eigenvalue weighted by molar-refractivity contribution is 0.0830. The molecule has 0 radical (unpaired) electrons. The van der Waals surface area contributed by atoms with Crippen molar-refractivity contribution in [3.63, 3.8) is 0 Å². The summed E-state index contributed by atoms with van der Waals surface area (Å²) in [7, 11) is 0. The third-order valence-electron chi connectivity index (χ3n) is 2.15. The van der Waals surface area contributed by atoms with Gasteiger partial charge in [0.05, 0.1) is 0 Å². The van der Waals surface area contributed by atoms with Gasteiger partial charge in [-0.05, 0) is 12.8 Å². The van der Waals surface area contributed by atoms with Crippen LogP contribution in [0.4, 0.5) is 6.01 Å². The van der Waals surface area contributed by atoms with Gasteiger partial charge in [-0.3, -0.25) is 5.43 Å². The summed E-state index contributed by atoms with van der Waals surface area (Å²) in [6, 6.07) is 0.265. The summed E-state index contributed by atoms with van der Waals surface area (Å²) in [4.78, 5) is 4.08. The zero-order valence-electron chi connectivity index (χ0n) is 7.19. The molecule has 1 aliphatic rings. The van der Waals surface area contributed by atoms with Gasteiger partial charge in [0.25, 0.3) is 0 Å². The van der Waals surface area contributed by atoms with E-state index in [4.69, 9.17) is 15.1 Å². The molecule has 0 bridgehead atoms. The molecule has 1 fully saturated rings. The van der Waals surface area contributed by atoms with E-state index in [-0.39, 0.29) is 6.01 Å². The van der Waals surface area contributed by atoms with E-state index in [1.165, 1.54) is 0 Å². The van der Waals surface area contributed by atoms with Crippen LogP contribution in [0.15, 0.2) is 4.52 Å². The predicted octanol–water partition coefficient (Wildman–Crippen LogP) is 0.249. The van der Waals surface area contributed by atoms with Gasteiger partial charge in [-0.1, -0.05) is 5.16 Å². The van der Waals surface area contributed by atoms with Crippen LogP contribution in [0.1, 0.15) is 24.6 Å². The van der Waals surface area contributed by atoms with Crippen molar-refractivity contribution in [2.45, 2.75) is 18.8 Å². The zero-order valence-corrected chi connectivity index (χ0v) is 7.19. The molecule has 6 heteroatoms. The molecular formula is C7H12N4O2. The highest BCUT2D eigenvalue weighted by Gasteiger charge is 2.20. The van der Waals surface area contributed by atoms with E-state index in [0.29, 0.717) is 5.92 Å². The number of nitrogens with two attached hydrogens (primary N) is 1. The number of hydrogen-bond donors (Lipinski definition) is 2. The number of rotatable bonds is 2. The maximum absolute atomic E-state index is 5.23. The van der Waals surface area contributed by atoms with Crippen LogP contribution in [-0.4, -0.2) is 23.4 Å².